The molecule has 1 aromatic carbocycles. The molecule has 0 amide bonds. The monoisotopic (exact) mass is 269 g/mol. The fourth-order valence-corrected chi connectivity index (χ4v) is 1.84. The first kappa shape index (κ1) is 14.8. The molecule has 3 nitrogen and oxygen atoms in total. The van der Waals surface area contributed by atoms with Gasteiger partial charge in [0, 0.05) is 23.8 Å². The molecule has 0 aliphatic rings. The summed E-state index contributed by atoms with van der Waals surface area (Å²) in [6.07, 6.45) is 1.26. The molecule has 0 aliphatic carbocycles. The van der Waals surface area contributed by atoms with Crippen molar-refractivity contribution in [3.8, 4) is 0 Å². The number of rotatable bonds is 7. The van der Waals surface area contributed by atoms with Gasteiger partial charge in [0.2, 0.25) is 0 Å². The molecule has 1 rings (SSSR count). The highest BCUT2D eigenvalue weighted by Gasteiger charge is 2.08. The lowest BCUT2D eigenvalue weighted by Crippen LogP contribution is -2.26. The first-order valence-electron chi connectivity index (χ1n) is 6.33. The summed E-state index contributed by atoms with van der Waals surface area (Å²) in [5, 5.41) is 0.708. The Kier molecular flexibility index (Phi) is 6.58. The highest BCUT2D eigenvalue weighted by molar-refractivity contribution is 6.30. The average Bonchev–Trinajstić information content (AvgIpc) is 2.37. The molecule has 4 heteroatoms. The van der Waals surface area contributed by atoms with Gasteiger partial charge in [0.1, 0.15) is 0 Å². The van der Waals surface area contributed by atoms with Crippen molar-refractivity contribution in [1.82, 2.24) is 0 Å². The number of nitrogens with zero attached hydrogens (tertiary/aromatic N) is 1. The van der Waals surface area contributed by atoms with E-state index < -0.39 is 0 Å². The molecule has 0 aliphatic heterocycles. The van der Waals surface area contributed by atoms with Crippen LogP contribution in [0.1, 0.15) is 26.7 Å². The van der Waals surface area contributed by atoms with Crippen molar-refractivity contribution < 1.29 is 9.53 Å². The Bertz CT molecular complexity index is 382. The van der Waals surface area contributed by atoms with Crippen molar-refractivity contribution in [2.75, 3.05) is 24.6 Å². The number of esters is 1. The van der Waals surface area contributed by atoms with E-state index in [1.165, 1.54) is 0 Å². The zero-order valence-corrected chi connectivity index (χ0v) is 11.7. The van der Waals surface area contributed by atoms with Crippen molar-refractivity contribution >= 4 is 23.3 Å². The number of ether oxygens (including phenoxy) is 1. The van der Waals surface area contributed by atoms with E-state index in [1.807, 2.05) is 31.2 Å². The van der Waals surface area contributed by atoms with Crippen LogP contribution in [0.2, 0.25) is 5.02 Å². The Hall–Kier alpha value is -1.22. The van der Waals surface area contributed by atoms with Crippen LogP contribution in [-0.4, -0.2) is 25.7 Å². The second-order valence-corrected chi connectivity index (χ2v) is 4.47. The molecular formula is C14H20ClNO2. The Balaban J connectivity index is 2.50. The summed E-state index contributed by atoms with van der Waals surface area (Å²) in [6.45, 7) is 6.03. The van der Waals surface area contributed by atoms with Crippen LogP contribution in [0.25, 0.3) is 0 Å². The van der Waals surface area contributed by atoms with Crippen LogP contribution in [-0.2, 0) is 9.53 Å². The largest absolute Gasteiger partial charge is 0.466 e. The van der Waals surface area contributed by atoms with E-state index in [9.17, 15) is 4.79 Å². The Morgan fingerprint density at radius 2 is 2.17 bits per heavy atom. The van der Waals surface area contributed by atoms with E-state index >= 15 is 0 Å². The van der Waals surface area contributed by atoms with Crippen LogP contribution in [0.3, 0.4) is 0 Å². The summed E-state index contributed by atoms with van der Waals surface area (Å²) in [4.78, 5) is 13.6. The summed E-state index contributed by atoms with van der Waals surface area (Å²) < 4.78 is 5.05. The number of carbonyl (C=O) groups is 1. The third-order valence-electron chi connectivity index (χ3n) is 2.61. The van der Waals surface area contributed by atoms with Crippen molar-refractivity contribution in [1.29, 1.82) is 0 Å². The number of anilines is 1. The minimum Gasteiger partial charge on any atom is -0.466 e. The van der Waals surface area contributed by atoms with Crippen molar-refractivity contribution in [3.63, 3.8) is 0 Å². The molecule has 0 atom stereocenters. The SMILES string of the molecule is CCCOC(=O)CCN(CC)c1cccc(Cl)c1. The van der Waals surface area contributed by atoms with Crippen LogP contribution in [0.5, 0.6) is 0 Å². The minimum atomic E-state index is -0.141. The van der Waals surface area contributed by atoms with Crippen LogP contribution >= 0.6 is 11.6 Å². The van der Waals surface area contributed by atoms with E-state index in [0.29, 0.717) is 24.6 Å². The molecular weight excluding hydrogens is 250 g/mol. The van der Waals surface area contributed by atoms with E-state index in [1.54, 1.807) is 0 Å². The van der Waals surface area contributed by atoms with Gasteiger partial charge in [-0.05, 0) is 31.5 Å². The van der Waals surface area contributed by atoms with E-state index in [2.05, 4.69) is 11.8 Å². The molecule has 0 spiro atoms. The van der Waals surface area contributed by atoms with E-state index in [0.717, 1.165) is 18.7 Å². The normalized spacial score (nSPS) is 10.2. The minimum absolute atomic E-state index is 0.141. The molecule has 0 fully saturated rings. The summed E-state index contributed by atoms with van der Waals surface area (Å²) in [7, 11) is 0. The van der Waals surface area contributed by atoms with Gasteiger partial charge in [0.25, 0.3) is 0 Å². The van der Waals surface area contributed by atoms with Gasteiger partial charge in [-0.25, -0.2) is 0 Å². The predicted octanol–water partition coefficient (Wildman–Crippen LogP) is 3.51. The highest BCUT2D eigenvalue weighted by atomic mass is 35.5. The maximum absolute atomic E-state index is 11.4. The van der Waals surface area contributed by atoms with Crippen molar-refractivity contribution in [2.45, 2.75) is 26.7 Å². The first-order chi connectivity index (χ1) is 8.67. The Labute approximate surface area is 114 Å². The van der Waals surface area contributed by atoms with E-state index in [-0.39, 0.29) is 5.97 Å². The molecule has 18 heavy (non-hydrogen) atoms. The molecule has 0 aromatic heterocycles. The third kappa shape index (κ3) is 4.96. The smallest absolute Gasteiger partial charge is 0.307 e. The maximum atomic E-state index is 11.4. The summed E-state index contributed by atoms with van der Waals surface area (Å²) >= 11 is 5.96. The number of carbonyl (C=O) groups excluding carboxylic acids is 1. The Morgan fingerprint density at radius 1 is 1.39 bits per heavy atom. The van der Waals surface area contributed by atoms with Gasteiger partial charge in [0.05, 0.1) is 13.0 Å². The number of hydrogen-bond acceptors (Lipinski definition) is 3. The Morgan fingerprint density at radius 3 is 2.78 bits per heavy atom. The van der Waals surface area contributed by atoms with Crippen LogP contribution in [0.15, 0.2) is 24.3 Å². The molecule has 0 N–H and O–H groups in total. The van der Waals surface area contributed by atoms with Gasteiger partial charge in [-0.2, -0.15) is 0 Å². The van der Waals surface area contributed by atoms with Gasteiger partial charge >= 0.3 is 5.97 Å². The standard InChI is InChI=1S/C14H20ClNO2/c1-3-10-18-14(17)8-9-16(4-2)13-7-5-6-12(15)11-13/h5-7,11H,3-4,8-10H2,1-2H3. The van der Waals surface area contributed by atoms with Gasteiger partial charge in [0.15, 0.2) is 0 Å². The molecule has 0 unspecified atom stereocenters. The molecule has 0 radical (unpaired) electrons. The summed E-state index contributed by atoms with van der Waals surface area (Å²) in [5.41, 5.74) is 1.04. The van der Waals surface area contributed by atoms with Gasteiger partial charge in [-0.3, -0.25) is 4.79 Å². The fraction of sp³-hybridized carbons (Fsp3) is 0.500. The lowest BCUT2D eigenvalue weighted by Gasteiger charge is -2.22. The molecule has 0 heterocycles. The van der Waals surface area contributed by atoms with Crippen LogP contribution in [0, 0.1) is 0 Å². The highest BCUT2D eigenvalue weighted by Crippen LogP contribution is 2.19. The number of hydrogen-bond donors (Lipinski definition) is 0. The van der Waals surface area contributed by atoms with Crippen molar-refractivity contribution in [3.05, 3.63) is 29.3 Å². The topological polar surface area (TPSA) is 29.5 Å². The van der Waals surface area contributed by atoms with Crippen molar-refractivity contribution in [2.24, 2.45) is 0 Å². The molecule has 0 bridgehead atoms. The maximum Gasteiger partial charge on any atom is 0.307 e. The second-order valence-electron chi connectivity index (χ2n) is 4.03. The predicted molar refractivity (Wildman–Crippen MR) is 75.2 cm³/mol. The zero-order valence-electron chi connectivity index (χ0n) is 11.0. The van der Waals surface area contributed by atoms with Crippen LogP contribution in [0.4, 0.5) is 5.69 Å². The van der Waals surface area contributed by atoms with Gasteiger partial charge < -0.3 is 9.64 Å². The molecule has 100 valence electrons. The molecule has 0 saturated heterocycles. The second kappa shape index (κ2) is 7.98. The lowest BCUT2D eigenvalue weighted by atomic mass is 10.2. The van der Waals surface area contributed by atoms with Gasteiger partial charge in [-0.15, -0.1) is 0 Å². The quantitative estimate of drug-likeness (QED) is 0.710. The number of benzene rings is 1. The summed E-state index contributed by atoms with van der Waals surface area (Å²) in [6, 6.07) is 7.65. The third-order valence-corrected chi connectivity index (χ3v) is 2.84. The molecule has 0 saturated carbocycles. The number of halogens is 1. The van der Waals surface area contributed by atoms with Gasteiger partial charge in [-0.1, -0.05) is 24.6 Å². The van der Waals surface area contributed by atoms with E-state index in [4.69, 9.17) is 16.3 Å². The fourth-order valence-electron chi connectivity index (χ4n) is 1.66. The molecule has 1 aromatic rings. The average molecular weight is 270 g/mol. The lowest BCUT2D eigenvalue weighted by molar-refractivity contribution is -0.143. The van der Waals surface area contributed by atoms with Crippen LogP contribution < -0.4 is 4.90 Å². The zero-order chi connectivity index (χ0) is 13.4. The first-order valence-corrected chi connectivity index (χ1v) is 6.71. The summed E-state index contributed by atoms with van der Waals surface area (Å²) in [5.74, 6) is -0.141.